The molecule has 2 aromatic carbocycles. The van der Waals surface area contributed by atoms with Crippen molar-refractivity contribution in [2.75, 3.05) is 39.4 Å². The van der Waals surface area contributed by atoms with Crippen molar-refractivity contribution in [2.45, 2.75) is 19.4 Å². The van der Waals surface area contributed by atoms with E-state index in [0.29, 0.717) is 30.3 Å². The molecule has 0 bridgehead atoms. The first kappa shape index (κ1) is 25.8. The zero-order chi connectivity index (χ0) is 25.9. The highest BCUT2D eigenvalue weighted by atomic mass is 79.9. The van der Waals surface area contributed by atoms with Crippen LogP contribution in [-0.2, 0) is 9.53 Å². The minimum atomic E-state index is -0.677. The lowest BCUT2D eigenvalue weighted by Gasteiger charge is -2.30. The van der Waals surface area contributed by atoms with E-state index in [1.165, 1.54) is 11.3 Å². The number of carbonyl (C=O) groups excluding carboxylic acids is 2. The van der Waals surface area contributed by atoms with Gasteiger partial charge in [-0.3, -0.25) is 14.5 Å². The van der Waals surface area contributed by atoms with Crippen molar-refractivity contribution in [3.63, 3.8) is 0 Å². The molecule has 37 heavy (non-hydrogen) atoms. The number of ether oxygens (including phenoxy) is 1. The second-order valence-corrected chi connectivity index (χ2v) is 11.1. The first-order valence-corrected chi connectivity index (χ1v) is 13.9. The van der Waals surface area contributed by atoms with Gasteiger partial charge in [-0.15, -0.1) is 11.3 Å². The standard InChI is InChI=1S/C28H28BrN3O4S/c1-18-26(37-27(30-18)19-7-3-2-4-8-19)24(33)22-23(20-9-5-10-21(29)17-20)32(28(35)25(22)34)12-6-11-31-13-15-36-16-14-31/h2-5,7-10,17,23,34H,6,11-16H2,1H3. The molecule has 1 fully saturated rings. The van der Waals surface area contributed by atoms with Crippen LogP contribution in [0.15, 0.2) is 70.4 Å². The summed E-state index contributed by atoms with van der Waals surface area (Å²) in [6.45, 7) is 6.18. The van der Waals surface area contributed by atoms with Crippen LogP contribution in [0.5, 0.6) is 0 Å². The first-order valence-electron chi connectivity index (χ1n) is 12.3. The minimum absolute atomic E-state index is 0.112. The smallest absolute Gasteiger partial charge is 0.290 e. The number of aliphatic hydroxyl groups is 1. The summed E-state index contributed by atoms with van der Waals surface area (Å²) in [5.74, 6) is -1.35. The molecule has 1 atom stereocenters. The van der Waals surface area contributed by atoms with Gasteiger partial charge in [0, 0.05) is 36.2 Å². The van der Waals surface area contributed by atoms with Crippen LogP contribution in [0.1, 0.15) is 33.4 Å². The number of hydrogen-bond acceptors (Lipinski definition) is 7. The van der Waals surface area contributed by atoms with Gasteiger partial charge in [-0.1, -0.05) is 58.4 Å². The van der Waals surface area contributed by atoms with Crippen LogP contribution >= 0.6 is 27.3 Å². The predicted octanol–water partition coefficient (Wildman–Crippen LogP) is 5.18. The molecule has 1 N–H and O–H groups in total. The van der Waals surface area contributed by atoms with Gasteiger partial charge in [-0.05, 0) is 31.0 Å². The molecule has 0 aliphatic carbocycles. The van der Waals surface area contributed by atoms with Gasteiger partial charge in [-0.2, -0.15) is 0 Å². The van der Waals surface area contributed by atoms with Gasteiger partial charge < -0.3 is 14.7 Å². The van der Waals surface area contributed by atoms with E-state index < -0.39 is 17.7 Å². The minimum Gasteiger partial charge on any atom is -0.503 e. The molecule has 1 saturated heterocycles. The third-order valence-electron chi connectivity index (χ3n) is 6.71. The SMILES string of the molecule is Cc1nc(-c2ccccc2)sc1C(=O)C1=C(O)C(=O)N(CCCN2CCOCC2)C1c1cccc(Br)c1. The van der Waals surface area contributed by atoms with Gasteiger partial charge in [0.2, 0.25) is 5.78 Å². The lowest BCUT2D eigenvalue weighted by Crippen LogP contribution is -2.39. The number of thiazole rings is 1. The van der Waals surface area contributed by atoms with Crippen LogP contribution in [-0.4, -0.2) is 71.0 Å². The third kappa shape index (κ3) is 5.40. The van der Waals surface area contributed by atoms with Crippen molar-refractivity contribution in [2.24, 2.45) is 0 Å². The van der Waals surface area contributed by atoms with Gasteiger partial charge >= 0.3 is 0 Å². The Kier molecular flexibility index (Phi) is 7.85. The van der Waals surface area contributed by atoms with Crippen molar-refractivity contribution in [3.05, 3.63) is 86.5 Å². The lowest BCUT2D eigenvalue weighted by atomic mass is 9.95. The number of carbonyl (C=O) groups is 2. The number of halogens is 1. The fourth-order valence-corrected chi connectivity index (χ4v) is 6.31. The normalized spacial score (nSPS) is 18.6. The molecular formula is C28H28BrN3O4S. The molecule has 0 radical (unpaired) electrons. The molecule has 3 heterocycles. The Morgan fingerprint density at radius 3 is 2.62 bits per heavy atom. The quantitative estimate of drug-likeness (QED) is 0.369. The van der Waals surface area contributed by atoms with E-state index in [-0.39, 0.29) is 11.4 Å². The molecule has 0 saturated carbocycles. The predicted molar refractivity (Wildman–Crippen MR) is 147 cm³/mol. The summed E-state index contributed by atoms with van der Waals surface area (Å²) in [6, 6.07) is 16.6. The summed E-state index contributed by atoms with van der Waals surface area (Å²) in [5, 5.41) is 11.8. The summed E-state index contributed by atoms with van der Waals surface area (Å²) in [6.07, 6.45) is 0.725. The molecule has 2 aliphatic heterocycles. The van der Waals surface area contributed by atoms with E-state index in [1.807, 2.05) is 54.6 Å². The summed E-state index contributed by atoms with van der Waals surface area (Å²) in [7, 11) is 0. The molecular weight excluding hydrogens is 554 g/mol. The number of amides is 1. The van der Waals surface area contributed by atoms with E-state index >= 15 is 0 Å². The fraction of sp³-hybridized carbons (Fsp3) is 0.321. The topological polar surface area (TPSA) is 83.0 Å². The monoisotopic (exact) mass is 581 g/mol. The highest BCUT2D eigenvalue weighted by Crippen LogP contribution is 2.41. The third-order valence-corrected chi connectivity index (χ3v) is 8.41. The maximum absolute atomic E-state index is 13.9. The van der Waals surface area contributed by atoms with Crippen molar-refractivity contribution in [3.8, 4) is 10.6 Å². The molecule has 7 nitrogen and oxygen atoms in total. The molecule has 0 spiro atoms. The molecule has 2 aliphatic rings. The van der Waals surface area contributed by atoms with Crippen LogP contribution in [0.2, 0.25) is 0 Å². The zero-order valence-electron chi connectivity index (χ0n) is 20.5. The highest BCUT2D eigenvalue weighted by molar-refractivity contribution is 9.10. The summed E-state index contributed by atoms with van der Waals surface area (Å²) in [5.41, 5.74) is 2.39. The number of morpholine rings is 1. The van der Waals surface area contributed by atoms with Gasteiger partial charge in [0.1, 0.15) is 5.01 Å². The number of aryl methyl sites for hydroxylation is 1. The van der Waals surface area contributed by atoms with Crippen LogP contribution in [0.25, 0.3) is 10.6 Å². The maximum atomic E-state index is 13.9. The highest BCUT2D eigenvalue weighted by Gasteiger charge is 2.44. The Hall–Kier alpha value is -2.85. The fourth-order valence-electron chi connectivity index (χ4n) is 4.86. The number of nitrogens with zero attached hydrogens (tertiary/aromatic N) is 3. The molecule has 192 valence electrons. The average molecular weight is 583 g/mol. The van der Waals surface area contributed by atoms with E-state index in [9.17, 15) is 14.7 Å². The molecule has 1 aromatic heterocycles. The molecule has 1 amide bonds. The zero-order valence-corrected chi connectivity index (χ0v) is 22.9. The number of aromatic nitrogens is 1. The summed E-state index contributed by atoms with van der Waals surface area (Å²) >= 11 is 4.80. The molecule has 5 rings (SSSR count). The first-order chi connectivity index (χ1) is 17.9. The number of aliphatic hydroxyl groups excluding tert-OH is 1. The molecule has 9 heteroatoms. The summed E-state index contributed by atoms with van der Waals surface area (Å²) < 4.78 is 6.26. The van der Waals surface area contributed by atoms with Crippen molar-refractivity contribution < 1.29 is 19.4 Å². The van der Waals surface area contributed by atoms with Crippen LogP contribution in [0, 0.1) is 6.92 Å². The number of ketones is 1. The number of benzene rings is 2. The Labute approximate surface area is 228 Å². The largest absolute Gasteiger partial charge is 0.503 e. The maximum Gasteiger partial charge on any atom is 0.290 e. The van der Waals surface area contributed by atoms with Crippen molar-refractivity contribution in [1.82, 2.24) is 14.8 Å². The molecule has 3 aromatic rings. The second kappa shape index (κ2) is 11.3. The van der Waals surface area contributed by atoms with Gasteiger partial charge in [0.05, 0.1) is 35.4 Å². The van der Waals surface area contributed by atoms with Gasteiger partial charge in [0.15, 0.2) is 5.76 Å². The Bertz CT molecular complexity index is 1330. The van der Waals surface area contributed by atoms with Crippen LogP contribution in [0.4, 0.5) is 0 Å². The number of Topliss-reactive ketones (excluding diaryl/α,β-unsaturated/α-hetero) is 1. The van der Waals surface area contributed by atoms with Gasteiger partial charge in [-0.25, -0.2) is 4.98 Å². The van der Waals surface area contributed by atoms with Crippen molar-refractivity contribution >= 4 is 39.0 Å². The van der Waals surface area contributed by atoms with Crippen LogP contribution < -0.4 is 0 Å². The number of rotatable bonds is 8. The lowest BCUT2D eigenvalue weighted by molar-refractivity contribution is -0.129. The Morgan fingerprint density at radius 1 is 1.14 bits per heavy atom. The van der Waals surface area contributed by atoms with Crippen LogP contribution in [0.3, 0.4) is 0 Å². The summed E-state index contributed by atoms with van der Waals surface area (Å²) in [4.78, 5) is 36.3. The van der Waals surface area contributed by atoms with E-state index in [2.05, 4.69) is 25.8 Å². The van der Waals surface area contributed by atoms with E-state index in [0.717, 1.165) is 46.7 Å². The number of hydrogen-bond donors (Lipinski definition) is 1. The average Bonchev–Trinajstić information content (AvgIpc) is 3.42. The second-order valence-electron chi connectivity index (χ2n) is 9.15. The molecule has 1 unspecified atom stereocenters. The Balaban J connectivity index is 1.46. The van der Waals surface area contributed by atoms with E-state index in [4.69, 9.17) is 4.74 Å². The Morgan fingerprint density at radius 2 is 1.89 bits per heavy atom. The van der Waals surface area contributed by atoms with Crippen molar-refractivity contribution in [1.29, 1.82) is 0 Å². The van der Waals surface area contributed by atoms with E-state index in [1.54, 1.807) is 11.8 Å². The van der Waals surface area contributed by atoms with Gasteiger partial charge in [0.25, 0.3) is 5.91 Å².